The lowest BCUT2D eigenvalue weighted by Crippen LogP contribution is -2.55. The first-order chi connectivity index (χ1) is 14.1. The Kier molecular flexibility index (Phi) is 5.35. The summed E-state index contributed by atoms with van der Waals surface area (Å²) in [5.41, 5.74) is -1.87. The number of piperidine rings is 1. The van der Waals surface area contributed by atoms with Crippen LogP contribution in [0.15, 0.2) is 16.7 Å². The lowest BCUT2D eigenvalue weighted by molar-refractivity contribution is -0.136. The molecule has 8 nitrogen and oxygen atoms in total. The van der Waals surface area contributed by atoms with E-state index in [1.165, 1.54) is 16.0 Å². The monoisotopic (exact) mass is 510 g/mol. The summed E-state index contributed by atoms with van der Waals surface area (Å²) in [5.74, 6) is -0.700. The van der Waals surface area contributed by atoms with Crippen LogP contribution < -0.4 is 0 Å². The zero-order valence-electron chi connectivity index (χ0n) is 15.2. The molecule has 0 aromatic carbocycles. The number of aromatic nitrogens is 2. The number of nitrogens with zero attached hydrogens (tertiary/aromatic N) is 4. The van der Waals surface area contributed by atoms with Crippen LogP contribution in [0.2, 0.25) is 5.15 Å². The van der Waals surface area contributed by atoms with Gasteiger partial charge in [0.05, 0.1) is 24.3 Å². The fourth-order valence-corrected chi connectivity index (χ4v) is 4.44. The summed E-state index contributed by atoms with van der Waals surface area (Å²) in [6.45, 7) is 0.637. The number of ether oxygens (including phenoxy) is 1. The zero-order valence-corrected chi connectivity index (χ0v) is 17.5. The molecule has 2 atom stereocenters. The Labute approximate surface area is 181 Å². The number of aliphatic hydroxyl groups excluding tert-OH is 1. The van der Waals surface area contributed by atoms with Crippen LogP contribution in [0.3, 0.4) is 0 Å². The summed E-state index contributed by atoms with van der Waals surface area (Å²) >= 11 is 9.19. The minimum absolute atomic E-state index is 0.118. The maximum atomic E-state index is 13.4. The molecule has 2 aliphatic rings. The zero-order chi connectivity index (χ0) is 21.8. The predicted octanol–water partition coefficient (Wildman–Crippen LogP) is 2.80. The molecule has 162 valence electrons. The first-order valence-electron chi connectivity index (χ1n) is 8.93. The molecule has 30 heavy (non-hydrogen) atoms. The fraction of sp³-hybridized carbons (Fsp3) is 0.471. The van der Waals surface area contributed by atoms with E-state index >= 15 is 0 Å². The second kappa shape index (κ2) is 7.57. The SMILES string of the molecule is O=C(c1nc2c(C(F)(F)F)cc(Br)cn2c1Cl)N1CCC(N2CCOC2=O)C(O)C1. The topological polar surface area (TPSA) is 87.4 Å². The van der Waals surface area contributed by atoms with Crippen LogP contribution in [0.4, 0.5) is 18.0 Å². The molecule has 2 aliphatic heterocycles. The van der Waals surface area contributed by atoms with E-state index in [1.54, 1.807) is 0 Å². The van der Waals surface area contributed by atoms with Crippen LogP contribution in [0.5, 0.6) is 0 Å². The van der Waals surface area contributed by atoms with Gasteiger partial charge < -0.3 is 14.7 Å². The van der Waals surface area contributed by atoms with Crippen LogP contribution in [-0.4, -0.2) is 74.7 Å². The van der Waals surface area contributed by atoms with Gasteiger partial charge in [0.2, 0.25) is 0 Å². The van der Waals surface area contributed by atoms with Crippen molar-refractivity contribution in [1.29, 1.82) is 0 Å². The number of hydrogen-bond donors (Lipinski definition) is 1. The minimum Gasteiger partial charge on any atom is -0.448 e. The summed E-state index contributed by atoms with van der Waals surface area (Å²) in [7, 11) is 0. The van der Waals surface area contributed by atoms with E-state index in [-0.39, 0.29) is 41.4 Å². The molecule has 4 heterocycles. The van der Waals surface area contributed by atoms with Crippen LogP contribution in [0.25, 0.3) is 5.65 Å². The smallest absolute Gasteiger partial charge is 0.420 e. The van der Waals surface area contributed by atoms with Crippen molar-refractivity contribution in [2.45, 2.75) is 24.7 Å². The lowest BCUT2D eigenvalue weighted by atomic mass is 10.00. The van der Waals surface area contributed by atoms with Crippen LogP contribution in [0.1, 0.15) is 22.5 Å². The Morgan fingerprint density at radius 1 is 1.37 bits per heavy atom. The third-order valence-corrected chi connectivity index (χ3v) is 5.96. The second-order valence-electron chi connectivity index (χ2n) is 7.00. The van der Waals surface area contributed by atoms with Crippen molar-refractivity contribution in [3.05, 3.63) is 33.1 Å². The van der Waals surface area contributed by atoms with E-state index in [9.17, 15) is 27.9 Å². The van der Waals surface area contributed by atoms with E-state index in [0.717, 1.165) is 10.5 Å². The highest BCUT2D eigenvalue weighted by Crippen LogP contribution is 2.36. The van der Waals surface area contributed by atoms with Gasteiger partial charge in [0, 0.05) is 23.8 Å². The molecule has 2 saturated heterocycles. The molecule has 4 rings (SSSR count). The number of pyridine rings is 1. The number of carbonyl (C=O) groups is 2. The fourth-order valence-electron chi connectivity index (χ4n) is 3.75. The van der Waals surface area contributed by atoms with Gasteiger partial charge in [0.1, 0.15) is 11.8 Å². The van der Waals surface area contributed by atoms with E-state index in [1.807, 2.05) is 0 Å². The van der Waals surface area contributed by atoms with Gasteiger partial charge in [-0.1, -0.05) is 11.6 Å². The van der Waals surface area contributed by atoms with Crippen molar-refractivity contribution in [2.75, 3.05) is 26.2 Å². The molecule has 0 aliphatic carbocycles. The highest BCUT2D eigenvalue weighted by Gasteiger charge is 2.40. The second-order valence-corrected chi connectivity index (χ2v) is 8.27. The minimum atomic E-state index is -4.70. The molecule has 13 heteroatoms. The molecule has 2 amide bonds. The largest absolute Gasteiger partial charge is 0.448 e. The summed E-state index contributed by atoms with van der Waals surface area (Å²) in [5, 5.41) is 10.2. The number of alkyl halides is 3. The third-order valence-electron chi connectivity index (χ3n) is 5.16. The molecule has 1 N–H and O–H groups in total. The van der Waals surface area contributed by atoms with Gasteiger partial charge in [-0.3, -0.25) is 14.1 Å². The molecule has 0 saturated carbocycles. The van der Waals surface area contributed by atoms with Crippen molar-refractivity contribution < 1.29 is 32.6 Å². The number of aliphatic hydroxyl groups is 1. The number of cyclic esters (lactones) is 1. The number of amides is 2. The van der Waals surface area contributed by atoms with Crippen molar-refractivity contribution in [1.82, 2.24) is 19.2 Å². The van der Waals surface area contributed by atoms with Crippen molar-refractivity contribution in [3.8, 4) is 0 Å². The first kappa shape index (κ1) is 21.2. The highest BCUT2D eigenvalue weighted by atomic mass is 79.9. The van der Waals surface area contributed by atoms with Gasteiger partial charge in [0.25, 0.3) is 5.91 Å². The normalized spacial score (nSPS) is 22.7. The van der Waals surface area contributed by atoms with Gasteiger partial charge in [-0.2, -0.15) is 13.2 Å². The van der Waals surface area contributed by atoms with Gasteiger partial charge in [-0.05, 0) is 28.4 Å². The summed E-state index contributed by atoms with van der Waals surface area (Å²) in [6, 6.07) is 0.352. The Morgan fingerprint density at radius 2 is 2.10 bits per heavy atom. The number of fused-ring (bicyclic) bond motifs is 1. The Bertz CT molecular complexity index is 1030. The number of hydrogen-bond acceptors (Lipinski definition) is 5. The molecule has 2 aromatic heterocycles. The first-order valence-corrected chi connectivity index (χ1v) is 10.1. The maximum absolute atomic E-state index is 13.4. The summed E-state index contributed by atoms with van der Waals surface area (Å²) in [6.07, 6.45) is -4.68. The van der Waals surface area contributed by atoms with Gasteiger partial charge in [0.15, 0.2) is 11.3 Å². The van der Waals surface area contributed by atoms with E-state index in [2.05, 4.69) is 20.9 Å². The molecule has 0 radical (unpaired) electrons. The molecule has 2 fully saturated rings. The molecule has 0 spiro atoms. The van der Waals surface area contributed by atoms with E-state index in [4.69, 9.17) is 16.3 Å². The lowest BCUT2D eigenvalue weighted by Gasteiger charge is -2.38. The van der Waals surface area contributed by atoms with Crippen LogP contribution in [0, 0.1) is 0 Å². The molecule has 2 aromatic rings. The van der Waals surface area contributed by atoms with Gasteiger partial charge >= 0.3 is 12.3 Å². The maximum Gasteiger partial charge on any atom is 0.420 e. The number of imidazole rings is 1. The van der Waals surface area contributed by atoms with E-state index < -0.39 is 41.5 Å². The predicted molar refractivity (Wildman–Crippen MR) is 101 cm³/mol. The van der Waals surface area contributed by atoms with Crippen LogP contribution in [-0.2, 0) is 10.9 Å². The van der Waals surface area contributed by atoms with Gasteiger partial charge in [-0.15, -0.1) is 0 Å². The number of likely N-dealkylation sites (tertiary alicyclic amines) is 1. The molecular formula is C17H15BrClF3N4O4. The quantitative estimate of drug-likeness (QED) is 0.670. The number of halogens is 5. The summed E-state index contributed by atoms with van der Waals surface area (Å²) in [4.78, 5) is 31.2. The Balaban J connectivity index is 1.61. The van der Waals surface area contributed by atoms with Crippen molar-refractivity contribution in [3.63, 3.8) is 0 Å². The number of rotatable bonds is 2. The average molecular weight is 512 g/mol. The third kappa shape index (κ3) is 3.60. The number of β-amino-alcohol motifs (C(OH)–C–C–N with tert-alkyl or cyclic N) is 1. The highest BCUT2D eigenvalue weighted by molar-refractivity contribution is 9.10. The molecule has 0 bridgehead atoms. The van der Waals surface area contributed by atoms with Gasteiger partial charge in [-0.25, -0.2) is 9.78 Å². The number of carbonyl (C=O) groups excluding carboxylic acids is 2. The standard InChI is InChI=1S/C17H15BrClF3N4O4/c18-8-5-9(17(20,21)22)14-23-12(13(19)26(14)6-8)15(28)24-2-1-10(11(27)7-24)25-3-4-30-16(25)29/h5-6,10-11,27H,1-4,7H2. The Hall–Kier alpha value is -2.05. The molecular weight excluding hydrogens is 497 g/mol. The molecule has 2 unspecified atom stereocenters. The van der Waals surface area contributed by atoms with E-state index in [0.29, 0.717) is 6.54 Å². The average Bonchev–Trinajstić information content (AvgIpc) is 3.23. The van der Waals surface area contributed by atoms with Crippen molar-refractivity contribution >= 4 is 45.2 Å². The van der Waals surface area contributed by atoms with Crippen LogP contribution >= 0.6 is 27.5 Å². The summed E-state index contributed by atoms with van der Waals surface area (Å²) < 4.78 is 46.1. The Morgan fingerprint density at radius 3 is 2.70 bits per heavy atom. The van der Waals surface area contributed by atoms with Crippen molar-refractivity contribution in [2.24, 2.45) is 0 Å².